The lowest BCUT2D eigenvalue weighted by Crippen LogP contribution is -2.34. The fourth-order valence-electron chi connectivity index (χ4n) is 11.3. The van der Waals surface area contributed by atoms with E-state index in [1.807, 2.05) is 0 Å². The summed E-state index contributed by atoms with van der Waals surface area (Å²) in [6, 6.07) is 0. The molecule has 3 atom stereocenters. The van der Waals surface area contributed by atoms with E-state index in [1.165, 1.54) is 180 Å². The summed E-state index contributed by atoms with van der Waals surface area (Å²) in [6.45, 7) is 26.6. The molecule has 2 aliphatic carbocycles. The van der Waals surface area contributed by atoms with Crippen LogP contribution < -0.4 is 0 Å². The Hall–Kier alpha value is -3.92. The minimum atomic E-state index is -0.143. The molecular formula is C72H116O4. The van der Waals surface area contributed by atoms with Gasteiger partial charge in [0, 0.05) is 25.2 Å². The van der Waals surface area contributed by atoms with Crippen LogP contribution in [0.2, 0.25) is 0 Å². The minimum Gasteiger partial charge on any atom is -0.462 e. The molecule has 76 heavy (non-hydrogen) atoms. The van der Waals surface area contributed by atoms with Gasteiger partial charge in [-0.25, -0.2) is 0 Å². The van der Waals surface area contributed by atoms with Gasteiger partial charge < -0.3 is 9.47 Å². The van der Waals surface area contributed by atoms with Gasteiger partial charge in [-0.3, -0.25) is 9.59 Å². The van der Waals surface area contributed by atoms with E-state index in [1.54, 1.807) is 0 Å². The van der Waals surface area contributed by atoms with E-state index in [2.05, 4.69) is 174 Å². The van der Waals surface area contributed by atoms with Crippen LogP contribution in [0.25, 0.3) is 0 Å². The highest BCUT2D eigenvalue weighted by atomic mass is 16.5. The van der Waals surface area contributed by atoms with Gasteiger partial charge in [-0.15, -0.1) is 0 Å². The number of rotatable bonds is 40. The lowest BCUT2D eigenvalue weighted by atomic mass is 9.67. The van der Waals surface area contributed by atoms with Crippen LogP contribution in [0.3, 0.4) is 0 Å². The summed E-state index contributed by atoms with van der Waals surface area (Å²) in [6.07, 6.45) is 69.9. The Kier molecular flexibility index (Phi) is 36.9. The molecule has 0 saturated heterocycles. The van der Waals surface area contributed by atoms with Gasteiger partial charge in [0.1, 0.15) is 12.2 Å². The zero-order valence-corrected chi connectivity index (χ0v) is 51.4. The Morgan fingerprint density at radius 1 is 0.500 bits per heavy atom. The number of carbonyl (C=O) groups is 2. The Balaban J connectivity index is 1.72. The van der Waals surface area contributed by atoms with Crippen molar-refractivity contribution in [3.8, 4) is 0 Å². The third-order valence-corrected chi connectivity index (χ3v) is 15.8. The summed E-state index contributed by atoms with van der Waals surface area (Å²) in [5.74, 6) is 0.224. The first-order valence-corrected chi connectivity index (χ1v) is 31.3. The fraction of sp³-hybridized carbons (Fsp3) is 0.667. The Morgan fingerprint density at radius 2 is 0.882 bits per heavy atom. The third kappa shape index (κ3) is 32.7. The minimum absolute atomic E-state index is 0.00578. The molecule has 0 N–H and O–H groups in total. The van der Waals surface area contributed by atoms with Crippen molar-refractivity contribution in [3.63, 3.8) is 0 Å². The number of ether oxygens (including phenoxy) is 2. The van der Waals surface area contributed by atoms with Crippen molar-refractivity contribution in [2.45, 2.75) is 294 Å². The van der Waals surface area contributed by atoms with Crippen LogP contribution in [0.5, 0.6) is 0 Å². The molecule has 4 nitrogen and oxygen atoms in total. The zero-order valence-electron chi connectivity index (χ0n) is 51.4. The molecule has 0 bridgehead atoms. The molecular weight excluding hydrogens is 929 g/mol. The molecule has 0 heterocycles. The first-order chi connectivity index (χ1) is 36.5. The van der Waals surface area contributed by atoms with E-state index in [0.717, 1.165) is 44.9 Å². The van der Waals surface area contributed by atoms with Crippen molar-refractivity contribution < 1.29 is 19.1 Å². The van der Waals surface area contributed by atoms with E-state index in [9.17, 15) is 9.59 Å². The van der Waals surface area contributed by atoms with Gasteiger partial charge in [-0.2, -0.15) is 0 Å². The molecule has 2 aliphatic rings. The number of carbonyl (C=O) groups excluding carboxylic acids is 2. The number of allylic oxidation sites excluding steroid dienone is 20. The van der Waals surface area contributed by atoms with Crippen LogP contribution in [0, 0.1) is 16.7 Å². The summed E-state index contributed by atoms with van der Waals surface area (Å²) in [7, 11) is 0. The smallest absolute Gasteiger partial charge is 0.306 e. The Morgan fingerprint density at radius 3 is 1.30 bits per heavy atom. The number of hydrogen-bond acceptors (Lipinski definition) is 4. The lowest BCUT2D eigenvalue weighted by Gasteiger charge is -2.40. The van der Waals surface area contributed by atoms with Crippen molar-refractivity contribution in [3.05, 3.63) is 130 Å². The van der Waals surface area contributed by atoms with E-state index < -0.39 is 0 Å². The van der Waals surface area contributed by atoms with E-state index in [-0.39, 0.29) is 35.0 Å². The first-order valence-electron chi connectivity index (χ1n) is 31.3. The average molecular weight is 1050 g/mol. The molecule has 0 radical (unpaired) electrons. The van der Waals surface area contributed by atoms with Crippen molar-refractivity contribution in [1.82, 2.24) is 0 Å². The van der Waals surface area contributed by atoms with E-state index in [0.29, 0.717) is 18.8 Å². The molecule has 4 heteroatoms. The number of esters is 2. The molecule has 2 rings (SSSR count). The molecule has 0 aromatic rings. The van der Waals surface area contributed by atoms with Gasteiger partial charge in [0.05, 0.1) is 0 Å². The summed E-state index contributed by atoms with van der Waals surface area (Å²) in [5.41, 5.74) is 8.64. The quantitative estimate of drug-likeness (QED) is 0.0266. The van der Waals surface area contributed by atoms with Crippen molar-refractivity contribution in [2.24, 2.45) is 16.7 Å². The van der Waals surface area contributed by atoms with Gasteiger partial charge in [-0.05, 0) is 89.7 Å². The molecule has 0 unspecified atom stereocenters. The van der Waals surface area contributed by atoms with E-state index >= 15 is 0 Å². The number of hydrogen-bond donors (Lipinski definition) is 0. The Bertz CT molecular complexity index is 1980. The second kappa shape index (κ2) is 41.2. The maximum atomic E-state index is 12.8. The molecule has 0 aliphatic heterocycles. The van der Waals surface area contributed by atoms with Gasteiger partial charge in [0.2, 0.25) is 0 Å². The maximum Gasteiger partial charge on any atom is 0.306 e. The topological polar surface area (TPSA) is 52.6 Å². The highest BCUT2D eigenvalue weighted by molar-refractivity contribution is 5.70. The van der Waals surface area contributed by atoms with Crippen molar-refractivity contribution >= 4 is 11.9 Å². The SMILES string of the molecule is CCCCCCCCCCCCCCCCCC(=O)O[C@H]1C=C(C)[C@H](/C=C/C(C)=C/C=C/C(C)=C/C=C/C=C(C)/C=C/C=C(C)/C=C/C2=C(C)C[C@@H](OC(=O)CCCCCCCCCCCCC)CC2(C)C)C(C)(C)C1. The predicted octanol–water partition coefficient (Wildman–Crippen LogP) is 22.5. The van der Waals surface area contributed by atoms with Gasteiger partial charge in [0.25, 0.3) is 0 Å². The molecule has 0 saturated carbocycles. The maximum absolute atomic E-state index is 12.8. The fourth-order valence-corrected chi connectivity index (χ4v) is 11.3. The summed E-state index contributed by atoms with van der Waals surface area (Å²) < 4.78 is 12.0. The summed E-state index contributed by atoms with van der Waals surface area (Å²) in [5, 5.41) is 0. The largest absolute Gasteiger partial charge is 0.462 e. The normalized spacial score (nSPS) is 19.8. The summed E-state index contributed by atoms with van der Waals surface area (Å²) in [4.78, 5) is 25.5. The Labute approximate surface area is 470 Å². The standard InChI is InChI=1S/C72H116O4/c1-13-15-17-19-21-23-25-26-27-28-30-32-34-36-38-50-70(74)76-66-56-64(8)68(72(11,12)58-66)54-52-62(6)48-42-46-60(4)44-40-39-43-59(3)45-41-47-61(5)51-53-67-63(7)55-65(57-71(67,9)10)75-69(73)49-37-35-33-31-29-24-22-20-18-16-14-2/h39-48,51-54,56,65-66,68H,13-38,49-50,55,57-58H2,1-12H3/b40-39+,45-41+,46-42+,53-51+,54-52+,59-43+,60-44+,61-47+,62-48+/t65-,66+,68+/m1/s1. The molecule has 0 fully saturated rings. The van der Waals surface area contributed by atoms with Crippen molar-refractivity contribution in [2.75, 3.05) is 0 Å². The van der Waals surface area contributed by atoms with Crippen LogP contribution in [0.15, 0.2) is 130 Å². The van der Waals surface area contributed by atoms with Gasteiger partial charge in [-0.1, -0.05) is 314 Å². The second-order valence-electron chi connectivity index (χ2n) is 24.6. The molecule has 0 aromatic heterocycles. The van der Waals surface area contributed by atoms with Crippen LogP contribution >= 0.6 is 0 Å². The van der Waals surface area contributed by atoms with Crippen LogP contribution in [0.4, 0.5) is 0 Å². The van der Waals surface area contributed by atoms with Crippen LogP contribution in [-0.2, 0) is 19.1 Å². The monoisotopic (exact) mass is 1040 g/mol. The van der Waals surface area contributed by atoms with E-state index in [4.69, 9.17) is 9.47 Å². The summed E-state index contributed by atoms with van der Waals surface area (Å²) >= 11 is 0. The number of unbranched alkanes of at least 4 members (excludes halogenated alkanes) is 24. The first kappa shape index (κ1) is 68.2. The molecule has 0 aromatic carbocycles. The lowest BCUT2D eigenvalue weighted by molar-refractivity contribution is -0.151. The molecule has 0 amide bonds. The zero-order chi connectivity index (χ0) is 55.9. The molecule has 428 valence electrons. The highest BCUT2D eigenvalue weighted by Gasteiger charge is 2.37. The van der Waals surface area contributed by atoms with Gasteiger partial charge >= 0.3 is 11.9 Å². The third-order valence-electron chi connectivity index (χ3n) is 15.8. The predicted molar refractivity (Wildman–Crippen MR) is 332 cm³/mol. The van der Waals surface area contributed by atoms with Crippen LogP contribution in [-0.4, -0.2) is 24.1 Å². The van der Waals surface area contributed by atoms with Crippen LogP contribution in [0.1, 0.15) is 282 Å². The average Bonchev–Trinajstić information content (AvgIpc) is 3.34. The van der Waals surface area contributed by atoms with Gasteiger partial charge in [0.15, 0.2) is 0 Å². The van der Waals surface area contributed by atoms with Crippen molar-refractivity contribution in [1.29, 1.82) is 0 Å². The molecule has 0 spiro atoms. The second-order valence-corrected chi connectivity index (χ2v) is 24.6. The highest BCUT2D eigenvalue weighted by Crippen LogP contribution is 2.44.